The van der Waals surface area contributed by atoms with E-state index in [4.69, 9.17) is 0 Å². The van der Waals surface area contributed by atoms with E-state index < -0.39 is 0 Å². The molecule has 0 fully saturated rings. The molecule has 1 N–H and O–H groups in total. The van der Waals surface area contributed by atoms with Crippen LogP contribution in [0.3, 0.4) is 0 Å². The first-order valence-corrected chi connectivity index (χ1v) is 7.91. The van der Waals surface area contributed by atoms with Crippen LogP contribution >= 0.6 is 0 Å². The van der Waals surface area contributed by atoms with Crippen molar-refractivity contribution in [1.82, 2.24) is 4.98 Å². The van der Waals surface area contributed by atoms with Gasteiger partial charge in [0.05, 0.1) is 11.3 Å². The van der Waals surface area contributed by atoms with Crippen molar-refractivity contribution in [2.45, 2.75) is 13.1 Å². The Morgan fingerprint density at radius 2 is 1.71 bits per heavy atom. The Morgan fingerprint density at radius 3 is 2.46 bits per heavy atom. The Balaban J connectivity index is 1.77. The van der Waals surface area contributed by atoms with Gasteiger partial charge in [-0.3, -0.25) is 14.7 Å². The van der Waals surface area contributed by atoms with Crippen molar-refractivity contribution in [3.63, 3.8) is 0 Å². The number of anilines is 2. The number of para-hydroxylation sites is 1. The number of amides is 1. The van der Waals surface area contributed by atoms with E-state index in [0.717, 1.165) is 17.1 Å². The summed E-state index contributed by atoms with van der Waals surface area (Å²) in [5.41, 5.74) is 4.40. The number of aromatic nitrogens is 1. The first-order valence-electron chi connectivity index (χ1n) is 7.91. The molecule has 2 heterocycles. The van der Waals surface area contributed by atoms with Gasteiger partial charge in [0.1, 0.15) is 0 Å². The number of carbonyl (C=O) groups is 1. The van der Waals surface area contributed by atoms with Crippen molar-refractivity contribution in [2.75, 3.05) is 10.2 Å². The van der Waals surface area contributed by atoms with Gasteiger partial charge in [-0.25, -0.2) is 0 Å². The Kier molecular flexibility index (Phi) is 3.50. The third-order valence-corrected chi connectivity index (χ3v) is 4.19. The fourth-order valence-corrected chi connectivity index (χ4v) is 2.98. The van der Waals surface area contributed by atoms with Gasteiger partial charge >= 0.3 is 0 Å². The molecule has 1 aromatic heterocycles. The number of fused-ring (bicyclic) bond motifs is 1. The van der Waals surface area contributed by atoms with Crippen molar-refractivity contribution in [2.24, 2.45) is 0 Å². The lowest BCUT2D eigenvalue weighted by Crippen LogP contribution is -2.32. The van der Waals surface area contributed by atoms with Gasteiger partial charge in [0.25, 0.3) is 5.91 Å². The third-order valence-electron chi connectivity index (χ3n) is 4.19. The van der Waals surface area contributed by atoms with Gasteiger partial charge in [0, 0.05) is 17.6 Å². The highest BCUT2D eigenvalue weighted by atomic mass is 16.2. The second-order valence-corrected chi connectivity index (χ2v) is 5.86. The molecule has 3 aromatic rings. The summed E-state index contributed by atoms with van der Waals surface area (Å²) in [6, 6.07) is 21.4. The molecule has 1 aliphatic heterocycles. The second kappa shape index (κ2) is 5.81. The van der Waals surface area contributed by atoms with Gasteiger partial charge in [-0.05, 0) is 43.3 Å². The summed E-state index contributed by atoms with van der Waals surface area (Å²) in [4.78, 5) is 19.1. The first kappa shape index (κ1) is 14.5. The molecule has 0 unspecified atom stereocenters. The maximum absolute atomic E-state index is 12.9. The van der Waals surface area contributed by atoms with Crippen LogP contribution in [0.25, 0.3) is 0 Å². The molecule has 2 aromatic carbocycles. The van der Waals surface area contributed by atoms with Crippen molar-refractivity contribution in [3.8, 4) is 0 Å². The number of hydrogen-bond donors (Lipinski definition) is 1. The Labute approximate surface area is 140 Å². The van der Waals surface area contributed by atoms with Gasteiger partial charge in [-0.15, -0.1) is 0 Å². The fraction of sp³-hybridized carbons (Fsp3) is 0.100. The van der Waals surface area contributed by atoms with Crippen LogP contribution in [0.1, 0.15) is 27.8 Å². The average molecular weight is 315 g/mol. The lowest BCUT2D eigenvalue weighted by Gasteiger charge is -2.26. The SMILES string of the molecule is Cc1ccc(N[C@@H]2c3ncccc3C(=O)N2c2ccccc2)cc1. The van der Waals surface area contributed by atoms with Gasteiger partial charge < -0.3 is 5.32 Å². The predicted octanol–water partition coefficient (Wildman–Crippen LogP) is 4.16. The summed E-state index contributed by atoms with van der Waals surface area (Å²) in [5.74, 6) is -0.0334. The highest BCUT2D eigenvalue weighted by Crippen LogP contribution is 2.36. The minimum atomic E-state index is -0.321. The highest BCUT2D eigenvalue weighted by molar-refractivity contribution is 6.11. The van der Waals surface area contributed by atoms with Gasteiger partial charge in [0.15, 0.2) is 6.17 Å². The lowest BCUT2D eigenvalue weighted by atomic mass is 10.2. The minimum absolute atomic E-state index is 0.0334. The van der Waals surface area contributed by atoms with E-state index in [1.165, 1.54) is 5.56 Å². The molecular formula is C20H17N3O. The molecule has 0 saturated heterocycles. The zero-order valence-electron chi connectivity index (χ0n) is 13.3. The number of aryl methyl sites for hydroxylation is 1. The number of nitrogens with one attached hydrogen (secondary N) is 1. The second-order valence-electron chi connectivity index (χ2n) is 5.86. The van der Waals surface area contributed by atoms with Crippen LogP contribution in [0.5, 0.6) is 0 Å². The summed E-state index contributed by atoms with van der Waals surface area (Å²) < 4.78 is 0. The zero-order valence-corrected chi connectivity index (χ0v) is 13.3. The van der Waals surface area contributed by atoms with E-state index in [2.05, 4.69) is 17.2 Å². The quantitative estimate of drug-likeness (QED) is 0.789. The predicted molar refractivity (Wildman–Crippen MR) is 95.0 cm³/mol. The number of carbonyl (C=O) groups excluding carboxylic acids is 1. The Bertz CT molecular complexity index is 875. The Hall–Kier alpha value is -3.14. The van der Waals surface area contributed by atoms with Crippen LogP contribution in [0.4, 0.5) is 11.4 Å². The topological polar surface area (TPSA) is 45.2 Å². The summed E-state index contributed by atoms with van der Waals surface area (Å²) in [7, 11) is 0. The fourth-order valence-electron chi connectivity index (χ4n) is 2.98. The molecule has 0 spiro atoms. The van der Waals surface area contributed by atoms with E-state index in [1.807, 2.05) is 60.7 Å². The van der Waals surface area contributed by atoms with Gasteiger partial charge in [-0.2, -0.15) is 0 Å². The summed E-state index contributed by atoms with van der Waals surface area (Å²) in [6.45, 7) is 2.05. The third kappa shape index (κ3) is 2.42. The smallest absolute Gasteiger partial charge is 0.262 e. The van der Waals surface area contributed by atoms with Crippen LogP contribution in [-0.2, 0) is 0 Å². The molecule has 0 bridgehead atoms. The summed E-state index contributed by atoms with van der Waals surface area (Å²) in [5, 5.41) is 3.45. The molecule has 0 saturated carbocycles. The molecule has 1 amide bonds. The van der Waals surface area contributed by atoms with Crippen LogP contribution in [0.15, 0.2) is 72.9 Å². The number of rotatable bonds is 3. The summed E-state index contributed by atoms with van der Waals surface area (Å²) in [6.07, 6.45) is 1.41. The highest BCUT2D eigenvalue weighted by Gasteiger charge is 2.38. The van der Waals surface area contributed by atoms with E-state index in [0.29, 0.717) is 5.56 Å². The molecule has 4 rings (SSSR count). The maximum Gasteiger partial charge on any atom is 0.262 e. The van der Waals surface area contributed by atoms with E-state index in [-0.39, 0.29) is 12.1 Å². The van der Waals surface area contributed by atoms with Crippen molar-refractivity contribution in [3.05, 3.63) is 89.7 Å². The van der Waals surface area contributed by atoms with E-state index in [9.17, 15) is 4.79 Å². The van der Waals surface area contributed by atoms with E-state index >= 15 is 0 Å². The lowest BCUT2D eigenvalue weighted by molar-refractivity contribution is 0.0993. The number of benzene rings is 2. The van der Waals surface area contributed by atoms with Crippen LogP contribution in [0, 0.1) is 6.92 Å². The molecule has 24 heavy (non-hydrogen) atoms. The number of hydrogen-bond acceptors (Lipinski definition) is 3. The molecule has 4 heteroatoms. The minimum Gasteiger partial charge on any atom is -0.360 e. The van der Waals surface area contributed by atoms with Crippen LogP contribution < -0.4 is 10.2 Å². The maximum atomic E-state index is 12.9. The normalized spacial score (nSPS) is 16.1. The van der Waals surface area contributed by atoms with Crippen LogP contribution in [0.2, 0.25) is 0 Å². The molecule has 4 nitrogen and oxygen atoms in total. The average Bonchev–Trinajstić information content (AvgIpc) is 2.90. The zero-order chi connectivity index (χ0) is 16.5. The largest absolute Gasteiger partial charge is 0.360 e. The molecule has 1 atom stereocenters. The van der Waals surface area contributed by atoms with Crippen molar-refractivity contribution >= 4 is 17.3 Å². The van der Waals surface area contributed by atoms with Gasteiger partial charge in [0.2, 0.25) is 0 Å². The molecule has 0 aliphatic carbocycles. The molecule has 1 aliphatic rings. The monoisotopic (exact) mass is 315 g/mol. The Morgan fingerprint density at radius 1 is 0.958 bits per heavy atom. The molecule has 118 valence electrons. The van der Waals surface area contributed by atoms with Crippen molar-refractivity contribution in [1.29, 1.82) is 0 Å². The summed E-state index contributed by atoms with van der Waals surface area (Å²) >= 11 is 0. The van der Waals surface area contributed by atoms with E-state index in [1.54, 1.807) is 17.2 Å². The first-order chi connectivity index (χ1) is 11.7. The standard InChI is InChI=1S/C20H17N3O/c1-14-9-11-15(12-10-14)22-19-18-17(8-5-13-21-18)20(24)23(19)16-6-3-2-4-7-16/h2-13,19,22H,1H3/t19-/m0/s1. The molecular weight excluding hydrogens is 298 g/mol. The number of pyridine rings is 1. The van der Waals surface area contributed by atoms with Crippen molar-refractivity contribution < 1.29 is 4.79 Å². The molecule has 0 radical (unpaired) electrons. The number of nitrogens with zero attached hydrogens (tertiary/aromatic N) is 2. The van der Waals surface area contributed by atoms with Crippen LogP contribution in [-0.4, -0.2) is 10.9 Å². The van der Waals surface area contributed by atoms with Gasteiger partial charge in [-0.1, -0.05) is 35.9 Å².